The molecule has 0 saturated carbocycles. The first-order chi connectivity index (χ1) is 9.56. The number of rotatable bonds is 1. The minimum Gasteiger partial charge on any atom is -0.383 e. The molecule has 0 spiro atoms. The van der Waals surface area contributed by atoms with Gasteiger partial charge in [0.05, 0.1) is 5.52 Å². The van der Waals surface area contributed by atoms with Crippen LogP contribution in [0.4, 0.5) is 10.2 Å². The quantitative estimate of drug-likeness (QED) is 0.732. The van der Waals surface area contributed by atoms with Crippen molar-refractivity contribution < 1.29 is 4.39 Å². The molecule has 0 fully saturated rings. The van der Waals surface area contributed by atoms with E-state index in [0.717, 1.165) is 16.7 Å². The zero-order chi connectivity index (χ0) is 14.3. The maximum atomic E-state index is 13.3. The zero-order valence-corrected chi connectivity index (χ0v) is 11.3. The van der Waals surface area contributed by atoms with Crippen LogP contribution in [0.3, 0.4) is 0 Å². The van der Waals surface area contributed by atoms with Crippen LogP contribution in [-0.4, -0.2) is 9.97 Å². The molecule has 0 aliphatic rings. The summed E-state index contributed by atoms with van der Waals surface area (Å²) < 4.78 is 13.3. The molecule has 0 aliphatic carbocycles. The summed E-state index contributed by atoms with van der Waals surface area (Å²) in [6, 6.07) is 10.4. The van der Waals surface area contributed by atoms with E-state index in [-0.39, 0.29) is 5.82 Å². The van der Waals surface area contributed by atoms with E-state index in [0.29, 0.717) is 22.5 Å². The number of nitrogens with zero attached hydrogens (tertiary/aromatic N) is 2. The van der Waals surface area contributed by atoms with Crippen LogP contribution in [-0.2, 0) is 0 Å². The highest BCUT2D eigenvalue weighted by Crippen LogP contribution is 2.28. The third kappa shape index (κ3) is 1.99. The van der Waals surface area contributed by atoms with Crippen LogP contribution in [0, 0.1) is 19.7 Å². The Labute approximate surface area is 116 Å². The summed E-state index contributed by atoms with van der Waals surface area (Å²) in [5.41, 5.74) is 9.75. The number of nitrogens with two attached hydrogens (primary N) is 1. The van der Waals surface area contributed by atoms with Gasteiger partial charge < -0.3 is 5.73 Å². The lowest BCUT2D eigenvalue weighted by Gasteiger charge is -2.10. The Morgan fingerprint density at radius 3 is 2.40 bits per heavy atom. The van der Waals surface area contributed by atoms with Crippen molar-refractivity contribution in [2.45, 2.75) is 13.8 Å². The maximum Gasteiger partial charge on any atom is 0.162 e. The maximum absolute atomic E-state index is 13.3. The number of hydrogen-bond donors (Lipinski definition) is 1. The molecule has 0 unspecified atom stereocenters. The molecule has 4 heteroatoms. The van der Waals surface area contributed by atoms with Crippen molar-refractivity contribution in [2.75, 3.05) is 5.73 Å². The predicted molar refractivity (Wildman–Crippen MR) is 78.8 cm³/mol. The Morgan fingerprint density at radius 1 is 1.00 bits per heavy atom. The lowest BCUT2D eigenvalue weighted by molar-refractivity contribution is 0.629. The van der Waals surface area contributed by atoms with Gasteiger partial charge >= 0.3 is 0 Å². The first-order valence-corrected chi connectivity index (χ1v) is 6.35. The van der Waals surface area contributed by atoms with Crippen molar-refractivity contribution in [1.29, 1.82) is 0 Å². The molecule has 1 heterocycles. The van der Waals surface area contributed by atoms with Gasteiger partial charge in [0.15, 0.2) is 5.82 Å². The summed E-state index contributed by atoms with van der Waals surface area (Å²) in [4.78, 5) is 8.85. The first kappa shape index (κ1) is 12.5. The molecule has 1 aromatic heterocycles. The van der Waals surface area contributed by atoms with Crippen molar-refractivity contribution in [2.24, 2.45) is 0 Å². The standard InChI is InChI=1S/C16H14FN3/c1-9-4-3-5-10(2)14(9)16-19-13-7-6-11(17)8-12(13)15(18)20-16/h3-8H,1-2H3,(H2,18,19,20). The number of benzene rings is 2. The molecular weight excluding hydrogens is 253 g/mol. The average Bonchev–Trinajstić information content (AvgIpc) is 2.39. The Kier molecular flexibility index (Phi) is 2.86. The summed E-state index contributed by atoms with van der Waals surface area (Å²) in [6.07, 6.45) is 0. The van der Waals surface area contributed by atoms with Crippen LogP contribution in [0.25, 0.3) is 22.3 Å². The number of aryl methyl sites for hydroxylation is 2. The summed E-state index contributed by atoms with van der Waals surface area (Å²) >= 11 is 0. The van der Waals surface area contributed by atoms with E-state index in [9.17, 15) is 4.39 Å². The van der Waals surface area contributed by atoms with Gasteiger partial charge in [-0.05, 0) is 43.2 Å². The molecule has 2 aromatic carbocycles. The van der Waals surface area contributed by atoms with E-state index in [4.69, 9.17) is 5.73 Å². The lowest BCUT2D eigenvalue weighted by Crippen LogP contribution is -2.00. The molecule has 0 aliphatic heterocycles. The van der Waals surface area contributed by atoms with Crippen LogP contribution in [0.1, 0.15) is 11.1 Å². The van der Waals surface area contributed by atoms with Gasteiger partial charge in [-0.25, -0.2) is 14.4 Å². The molecule has 100 valence electrons. The molecule has 3 nitrogen and oxygen atoms in total. The molecule has 0 amide bonds. The Bertz CT molecular complexity index is 792. The number of hydrogen-bond acceptors (Lipinski definition) is 3. The van der Waals surface area contributed by atoms with Gasteiger partial charge in [-0.3, -0.25) is 0 Å². The van der Waals surface area contributed by atoms with E-state index in [2.05, 4.69) is 9.97 Å². The Balaban J connectivity index is 2.31. The largest absolute Gasteiger partial charge is 0.383 e. The van der Waals surface area contributed by atoms with Crippen LogP contribution in [0.5, 0.6) is 0 Å². The van der Waals surface area contributed by atoms with Gasteiger partial charge in [0.25, 0.3) is 0 Å². The van der Waals surface area contributed by atoms with E-state index in [1.54, 1.807) is 6.07 Å². The number of fused-ring (bicyclic) bond motifs is 1. The van der Waals surface area contributed by atoms with E-state index >= 15 is 0 Å². The lowest BCUT2D eigenvalue weighted by atomic mass is 10.0. The molecule has 0 radical (unpaired) electrons. The third-order valence-corrected chi connectivity index (χ3v) is 3.39. The van der Waals surface area contributed by atoms with Crippen LogP contribution in [0.15, 0.2) is 36.4 Å². The van der Waals surface area contributed by atoms with Crippen LogP contribution >= 0.6 is 0 Å². The fourth-order valence-corrected chi connectivity index (χ4v) is 2.40. The van der Waals surface area contributed by atoms with Crippen molar-refractivity contribution in [1.82, 2.24) is 9.97 Å². The Hall–Kier alpha value is -2.49. The SMILES string of the molecule is Cc1cccc(C)c1-c1nc(N)c2cc(F)ccc2n1. The average molecular weight is 267 g/mol. The number of nitrogen functional groups attached to an aromatic ring is 1. The second-order valence-corrected chi connectivity index (χ2v) is 4.86. The second-order valence-electron chi connectivity index (χ2n) is 4.86. The molecule has 20 heavy (non-hydrogen) atoms. The predicted octanol–water partition coefficient (Wildman–Crippen LogP) is 3.63. The zero-order valence-electron chi connectivity index (χ0n) is 11.3. The number of aromatic nitrogens is 2. The van der Waals surface area contributed by atoms with Gasteiger partial charge in [-0.15, -0.1) is 0 Å². The summed E-state index contributed by atoms with van der Waals surface area (Å²) in [6.45, 7) is 4.02. The fraction of sp³-hybridized carbons (Fsp3) is 0.125. The molecule has 3 rings (SSSR count). The van der Waals surface area contributed by atoms with Crippen molar-refractivity contribution in [3.05, 3.63) is 53.3 Å². The monoisotopic (exact) mass is 267 g/mol. The number of anilines is 1. The van der Waals surface area contributed by atoms with Gasteiger partial charge in [0.1, 0.15) is 11.6 Å². The molecule has 2 N–H and O–H groups in total. The van der Waals surface area contributed by atoms with E-state index in [1.165, 1.54) is 12.1 Å². The minimum atomic E-state index is -0.340. The highest BCUT2D eigenvalue weighted by molar-refractivity contribution is 5.89. The Morgan fingerprint density at radius 2 is 1.70 bits per heavy atom. The molecule has 0 saturated heterocycles. The highest BCUT2D eigenvalue weighted by atomic mass is 19.1. The molecular formula is C16H14FN3. The fourth-order valence-electron chi connectivity index (χ4n) is 2.40. The van der Waals surface area contributed by atoms with Crippen molar-refractivity contribution >= 4 is 16.7 Å². The van der Waals surface area contributed by atoms with Gasteiger partial charge in [-0.1, -0.05) is 18.2 Å². The number of halogens is 1. The first-order valence-electron chi connectivity index (χ1n) is 6.35. The van der Waals surface area contributed by atoms with E-state index in [1.807, 2.05) is 32.0 Å². The third-order valence-electron chi connectivity index (χ3n) is 3.39. The summed E-state index contributed by atoms with van der Waals surface area (Å²) in [5.74, 6) is 0.539. The van der Waals surface area contributed by atoms with Gasteiger partial charge in [0.2, 0.25) is 0 Å². The van der Waals surface area contributed by atoms with Gasteiger partial charge in [-0.2, -0.15) is 0 Å². The van der Waals surface area contributed by atoms with Crippen LogP contribution in [0.2, 0.25) is 0 Å². The minimum absolute atomic E-state index is 0.298. The normalized spacial score (nSPS) is 10.9. The molecule has 3 aromatic rings. The second kappa shape index (κ2) is 4.56. The summed E-state index contributed by atoms with van der Waals surface area (Å²) in [5, 5.41) is 0.542. The smallest absolute Gasteiger partial charge is 0.162 e. The molecule has 0 atom stereocenters. The van der Waals surface area contributed by atoms with Gasteiger partial charge in [0, 0.05) is 10.9 Å². The van der Waals surface area contributed by atoms with Crippen LogP contribution < -0.4 is 5.73 Å². The van der Waals surface area contributed by atoms with Crippen molar-refractivity contribution in [3.63, 3.8) is 0 Å². The molecule has 0 bridgehead atoms. The van der Waals surface area contributed by atoms with E-state index < -0.39 is 0 Å². The van der Waals surface area contributed by atoms with Crippen molar-refractivity contribution in [3.8, 4) is 11.4 Å². The highest BCUT2D eigenvalue weighted by Gasteiger charge is 2.12. The topological polar surface area (TPSA) is 51.8 Å². The summed E-state index contributed by atoms with van der Waals surface area (Å²) in [7, 11) is 0.